The first-order chi connectivity index (χ1) is 16.3. The van der Waals surface area contributed by atoms with E-state index in [1.807, 2.05) is 0 Å². The lowest BCUT2D eigenvalue weighted by Gasteiger charge is -2.22. The lowest BCUT2D eigenvalue weighted by Crippen LogP contribution is -2.33. The summed E-state index contributed by atoms with van der Waals surface area (Å²) in [6.45, 7) is 4.20. The first-order valence-corrected chi connectivity index (χ1v) is 11.3. The van der Waals surface area contributed by atoms with E-state index in [2.05, 4.69) is 35.3 Å². The number of nitrogens with one attached hydrogen (secondary N) is 3. The Morgan fingerprint density at radius 3 is 2.74 bits per heavy atom. The molecule has 3 aromatic heterocycles. The maximum atomic E-state index is 12.9. The number of anilines is 3. The Hall–Kier alpha value is -3.32. The number of alkyl halides is 3. The van der Waals surface area contributed by atoms with Crippen molar-refractivity contribution in [3.8, 4) is 5.88 Å². The van der Waals surface area contributed by atoms with Crippen LogP contribution in [0.3, 0.4) is 0 Å². The van der Waals surface area contributed by atoms with Gasteiger partial charge < -0.3 is 20.7 Å². The van der Waals surface area contributed by atoms with Gasteiger partial charge in [0, 0.05) is 18.5 Å². The predicted octanol–water partition coefficient (Wildman–Crippen LogP) is 4.03. The average molecular weight is 494 g/mol. The zero-order valence-electron chi connectivity index (χ0n) is 18.1. The highest BCUT2D eigenvalue weighted by atomic mass is 32.1. The highest BCUT2D eigenvalue weighted by Gasteiger charge is 2.32. The first kappa shape index (κ1) is 23.8. The van der Waals surface area contributed by atoms with Crippen LogP contribution >= 0.6 is 11.5 Å². The molecule has 0 saturated carbocycles. The fourth-order valence-electron chi connectivity index (χ4n) is 3.38. The van der Waals surface area contributed by atoms with Crippen LogP contribution in [-0.2, 0) is 6.18 Å². The van der Waals surface area contributed by atoms with Crippen molar-refractivity contribution in [2.75, 3.05) is 30.3 Å². The number of pyridine rings is 1. The standard InChI is InChI=1S/C21H22F3N7O2S/c1-12-18(20(34-31-12)30-16-10-26-15(9-27-16)21(22,23)24)19(32)29-14-4-5-17(28-8-14)33-11-13-3-2-6-25-7-13/h4-5,8-10,13,25H,2-3,6-7,11H2,1H3,(H,27,30)(H,29,32). The number of rotatable bonds is 7. The summed E-state index contributed by atoms with van der Waals surface area (Å²) in [6.07, 6.45) is 0.728. The molecule has 1 fully saturated rings. The predicted molar refractivity (Wildman–Crippen MR) is 120 cm³/mol. The van der Waals surface area contributed by atoms with E-state index >= 15 is 0 Å². The Morgan fingerprint density at radius 1 is 1.24 bits per heavy atom. The maximum absolute atomic E-state index is 12.9. The highest BCUT2D eigenvalue weighted by molar-refractivity contribution is 7.10. The molecular weight excluding hydrogens is 471 g/mol. The lowest BCUT2D eigenvalue weighted by atomic mass is 10.0. The van der Waals surface area contributed by atoms with Crippen LogP contribution in [0.2, 0.25) is 0 Å². The largest absolute Gasteiger partial charge is 0.477 e. The normalized spacial score (nSPS) is 16.2. The maximum Gasteiger partial charge on any atom is 0.434 e. The van der Waals surface area contributed by atoms with Crippen molar-refractivity contribution in [2.45, 2.75) is 25.9 Å². The molecule has 1 unspecified atom stereocenters. The number of ether oxygens (including phenoxy) is 1. The summed E-state index contributed by atoms with van der Waals surface area (Å²) >= 11 is 0.989. The van der Waals surface area contributed by atoms with Crippen LogP contribution in [0.1, 0.15) is 34.6 Å². The van der Waals surface area contributed by atoms with Crippen LogP contribution in [0.25, 0.3) is 0 Å². The number of aromatic nitrogens is 4. The SMILES string of the molecule is Cc1nsc(Nc2cnc(C(F)(F)F)cn2)c1C(=O)Nc1ccc(OCC2CCCNC2)nc1. The molecule has 4 rings (SSSR count). The number of nitrogens with zero attached hydrogens (tertiary/aromatic N) is 4. The Balaban J connectivity index is 1.38. The summed E-state index contributed by atoms with van der Waals surface area (Å²) in [4.78, 5) is 24.2. The van der Waals surface area contributed by atoms with Gasteiger partial charge in [0.05, 0.1) is 42.1 Å². The molecule has 1 aliphatic heterocycles. The number of carbonyl (C=O) groups excluding carboxylic acids is 1. The van der Waals surface area contributed by atoms with Crippen LogP contribution in [0.15, 0.2) is 30.7 Å². The van der Waals surface area contributed by atoms with E-state index in [1.165, 1.54) is 6.20 Å². The number of piperidine rings is 1. The molecular formula is C21H22F3N7O2S. The van der Waals surface area contributed by atoms with Gasteiger partial charge in [0.25, 0.3) is 5.91 Å². The minimum absolute atomic E-state index is 0.0574. The molecule has 0 radical (unpaired) electrons. The van der Waals surface area contributed by atoms with Gasteiger partial charge in [-0.15, -0.1) is 0 Å². The van der Waals surface area contributed by atoms with Gasteiger partial charge in [-0.05, 0) is 43.9 Å². The minimum Gasteiger partial charge on any atom is -0.477 e. The van der Waals surface area contributed by atoms with Crippen molar-refractivity contribution in [3.63, 3.8) is 0 Å². The zero-order valence-corrected chi connectivity index (χ0v) is 19.0. The summed E-state index contributed by atoms with van der Waals surface area (Å²) in [5, 5.41) is 9.23. The molecule has 13 heteroatoms. The van der Waals surface area contributed by atoms with Crippen molar-refractivity contribution in [1.29, 1.82) is 0 Å². The quantitative estimate of drug-likeness (QED) is 0.452. The molecule has 1 saturated heterocycles. The van der Waals surface area contributed by atoms with Crippen molar-refractivity contribution >= 4 is 33.9 Å². The number of hydrogen-bond donors (Lipinski definition) is 3. The molecule has 1 amide bonds. The van der Waals surface area contributed by atoms with Crippen molar-refractivity contribution < 1.29 is 22.7 Å². The molecule has 1 aliphatic rings. The Bertz CT molecular complexity index is 1110. The van der Waals surface area contributed by atoms with Gasteiger partial charge in [0.15, 0.2) is 5.69 Å². The number of hydrogen-bond acceptors (Lipinski definition) is 9. The molecule has 4 heterocycles. The van der Waals surface area contributed by atoms with Gasteiger partial charge in [-0.3, -0.25) is 4.79 Å². The summed E-state index contributed by atoms with van der Waals surface area (Å²) in [6, 6.07) is 3.37. The first-order valence-electron chi connectivity index (χ1n) is 10.5. The molecule has 9 nitrogen and oxygen atoms in total. The number of carbonyl (C=O) groups is 1. The molecule has 1 atom stereocenters. The van der Waals surface area contributed by atoms with Gasteiger partial charge in [-0.2, -0.15) is 17.5 Å². The van der Waals surface area contributed by atoms with E-state index < -0.39 is 17.8 Å². The van der Waals surface area contributed by atoms with Crippen LogP contribution in [0, 0.1) is 12.8 Å². The van der Waals surface area contributed by atoms with E-state index in [-0.39, 0.29) is 11.4 Å². The molecule has 180 valence electrons. The van der Waals surface area contributed by atoms with Crippen molar-refractivity contribution in [2.24, 2.45) is 5.92 Å². The molecule has 0 spiro atoms. The molecule has 0 aliphatic carbocycles. The minimum atomic E-state index is -4.58. The fraction of sp³-hybridized carbons (Fsp3) is 0.381. The Kier molecular flexibility index (Phi) is 7.22. The lowest BCUT2D eigenvalue weighted by molar-refractivity contribution is -0.141. The van der Waals surface area contributed by atoms with Gasteiger partial charge in [-0.25, -0.2) is 15.0 Å². The summed E-state index contributed by atoms with van der Waals surface area (Å²) < 4.78 is 48.0. The summed E-state index contributed by atoms with van der Waals surface area (Å²) in [5.41, 5.74) is 0.0603. The van der Waals surface area contributed by atoms with Gasteiger partial charge in [-0.1, -0.05) is 0 Å². The van der Waals surface area contributed by atoms with E-state index in [0.717, 1.165) is 43.7 Å². The van der Waals surface area contributed by atoms with E-state index in [9.17, 15) is 18.0 Å². The fourth-order valence-corrected chi connectivity index (χ4v) is 4.18. The van der Waals surface area contributed by atoms with Crippen LogP contribution in [-0.4, -0.2) is 44.9 Å². The smallest absolute Gasteiger partial charge is 0.434 e. The Morgan fingerprint density at radius 2 is 2.09 bits per heavy atom. The van der Waals surface area contributed by atoms with Crippen molar-refractivity contribution in [3.05, 3.63) is 47.7 Å². The number of amides is 1. The van der Waals surface area contributed by atoms with E-state index in [1.54, 1.807) is 19.1 Å². The molecule has 3 N–H and O–H groups in total. The molecule has 0 bridgehead atoms. The van der Waals surface area contributed by atoms with E-state index in [0.29, 0.717) is 41.0 Å². The van der Waals surface area contributed by atoms with E-state index in [4.69, 9.17) is 4.74 Å². The van der Waals surface area contributed by atoms with Crippen LogP contribution in [0.5, 0.6) is 5.88 Å². The second kappa shape index (κ2) is 10.3. The molecule has 3 aromatic rings. The Labute approximate surface area is 197 Å². The third-order valence-corrected chi connectivity index (χ3v) is 5.99. The van der Waals surface area contributed by atoms with Crippen LogP contribution < -0.4 is 20.7 Å². The van der Waals surface area contributed by atoms with Crippen LogP contribution in [0.4, 0.5) is 29.7 Å². The highest BCUT2D eigenvalue weighted by Crippen LogP contribution is 2.30. The third-order valence-electron chi connectivity index (χ3n) is 5.13. The monoisotopic (exact) mass is 493 g/mol. The number of aryl methyl sites for hydroxylation is 1. The molecule has 0 aromatic carbocycles. The average Bonchev–Trinajstić information content (AvgIpc) is 3.19. The molecule has 34 heavy (non-hydrogen) atoms. The third kappa shape index (κ3) is 5.97. The van der Waals surface area contributed by atoms with Crippen molar-refractivity contribution in [1.82, 2.24) is 24.6 Å². The van der Waals surface area contributed by atoms with Gasteiger partial charge in [0.2, 0.25) is 5.88 Å². The topological polar surface area (TPSA) is 114 Å². The number of halogens is 3. The summed E-state index contributed by atoms with van der Waals surface area (Å²) in [7, 11) is 0. The second-order valence-electron chi connectivity index (χ2n) is 7.74. The van der Waals surface area contributed by atoms with Gasteiger partial charge >= 0.3 is 6.18 Å². The zero-order chi connectivity index (χ0) is 24.1. The van der Waals surface area contributed by atoms with Gasteiger partial charge in [0.1, 0.15) is 10.8 Å². The summed E-state index contributed by atoms with van der Waals surface area (Å²) in [5.74, 6) is 0.531. The second-order valence-corrected chi connectivity index (χ2v) is 8.52.